The molecule has 2 aromatic carbocycles. The third kappa shape index (κ3) is 4.57. The van der Waals surface area contributed by atoms with E-state index in [4.69, 9.17) is 4.74 Å². The van der Waals surface area contributed by atoms with Gasteiger partial charge in [0.15, 0.2) is 5.75 Å². The Balaban J connectivity index is 1.83. The Labute approximate surface area is 147 Å². The lowest BCUT2D eigenvalue weighted by molar-refractivity contribution is 0.485. The van der Waals surface area contributed by atoms with E-state index < -0.39 is 0 Å². The largest absolute Gasteiger partial charge is 0.455 e. The number of rotatable bonds is 7. The predicted octanol–water partition coefficient (Wildman–Crippen LogP) is 4.92. The number of para-hydroxylation sites is 3. The van der Waals surface area contributed by atoms with E-state index in [0.717, 1.165) is 23.0 Å². The fourth-order valence-electron chi connectivity index (χ4n) is 2.31. The van der Waals surface area contributed by atoms with Crippen molar-refractivity contribution in [2.24, 2.45) is 0 Å². The van der Waals surface area contributed by atoms with Gasteiger partial charge in [0.25, 0.3) is 0 Å². The number of hydrogen-bond donors (Lipinski definition) is 2. The van der Waals surface area contributed by atoms with E-state index in [1.54, 1.807) is 6.08 Å². The molecule has 1 aromatic heterocycles. The van der Waals surface area contributed by atoms with Crippen LogP contribution >= 0.6 is 0 Å². The summed E-state index contributed by atoms with van der Waals surface area (Å²) in [4.78, 5) is 8.80. The van der Waals surface area contributed by atoms with Crippen LogP contribution in [0.25, 0.3) is 0 Å². The maximum absolute atomic E-state index is 5.97. The Morgan fingerprint density at radius 3 is 2.52 bits per heavy atom. The molecule has 0 spiro atoms. The van der Waals surface area contributed by atoms with Crippen LogP contribution in [0.1, 0.15) is 5.82 Å². The summed E-state index contributed by atoms with van der Waals surface area (Å²) in [5, 5.41) is 6.48. The van der Waals surface area contributed by atoms with Crippen molar-refractivity contribution in [2.45, 2.75) is 6.92 Å². The number of nitrogens with one attached hydrogen (secondary N) is 2. The molecule has 25 heavy (non-hydrogen) atoms. The van der Waals surface area contributed by atoms with Gasteiger partial charge in [-0.1, -0.05) is 36.4 Å². The highest BCUT2D eigenvalue weighted by Gasteiger charge is 2.07. The molecular formula is C20H20N4O. The van der Waals surface area contributed by atoms with Gasteiger partial charge in [-0.05, 0) is 31.2 Å². The minimum Gasteiger partial charge on any atom is -0.455 e. The topological polar surface area (TPSA) is 59.1 Å². The minimum atomic E-state index is 0.642. The lowest BCUT2D eigenvalue weighted by atomic mass is 10.3. The van der Waals surface area contributed by atoms with Gasteiger partial charge in [-0.25, -0.2) is 9.97 Å². The van der Waals surface area contributed by atoms with Gasteiger partial charge < -0.3 is 15.4 Å². The molecule has 0 unspecified atom stereocenters. The van der Waals surface area contributed by atoms with Gasteiger partial charge in [-0.3, -0.25) is 0 Å². The highest BCUT2D eigenvalue weighted by Crippen LogP contribution is 2.31. The van der Waals surface area contributed by atoms with E-state index in [1.165, 1.54) is 0 Å². The Morgan fingerprint density at radius 2 is 1.72 bits per heavy atom. The van der Waals surface area contributed by atoms with Crippen molar-refractivity contribution in [2.75, 3.05) is 17.2 Å². The van der Waals surface area contributed by atoms with Crippen molar-refractivity contribution in [1.82, 2.24) is 9.97 Å². The molecule has 0 amide bonds. The Morgan fingerprint density at radius 1 is 1.00 bits per heavy atom. The number of nitrogens with zero attached hydrogens (tertiary/aromatic N) is 2. The van der Waals surface area contributed by atoms with Crippen LogP contribution < -0.4 is 15.4 Å². The molecule has 0 aliphatic heterocycles. The van der Waals surface area contributed by atoms with E-state index in [0.29, 0.717) is 18.2 Å². The molecule has 126 valence electrons. The van der Waals surface area contributed by atoms with Crippen molar-refractivity contribution in [3.63, 3.8) is 0 Å². The standard InChI is InChI=1S/C20H20N4O/c1-3-13-21-19-14-20(23-15(2)22-19)24-17-11-7-8-12-18(17)25-16-9-5-4-6-10-16/h3-12,14H,1,13H2,2H3,(H2,21,22,23,24). The molecule has 0 fully saturated rings. The number of anilines is 3. The lowest BCUT2D eigenvalue weighted by Gasteiger charge is -2.13. The summed E-state index contributed by atoms with van der Waals surface area (Å²) in [6.45, 7) is 6.20. The summed E-state index contributed by atoms with van der Waals surface area (Å²) in [6, 6.07) is 19.3. The first kappa shape index (κ1) is 16.5. The normalized spacial score (nSPS) is 10.1. The quantitative estimate of drug-likeness (QED) is 0.601. The zero-order valence-electron chi connectivity index (χ0n) is 14.1. The maximum Gasteiger partial charge on any atom is 0.150 e. The first-order chi connectivity index (χ1) is 12.2. The second-order valence-corrected chi connectivity index (χ2v) is 5.39. The third-order valence-electron chi connectivity index (χ3n) is 3.39. The molecule has 0 radical (unpaired) electrons. The molecule has 0 aliphatic rings. The van der Waals surface area contributed by atoms with Crippen LogP contribution in [-0.4, -0.2) is 16.5 Å². The van der Waals surface area contributed by atoms with Crippen molar-refractivity contribution in [3.05, 3.63) is 79.1 Å². The van der Waals surface area contributed by atoms with E-state index in [1.807, 2.05) is 67.6 Å². The van der Waals surface area contributed by atoms with Gasteiger partial charge in [0.2, 0.25) is 0 Å². The molecule has 2 N–H and O–H groups in total. The highest BCUT2D eigenvalue weighted by molar-refractivity contribution is 5.66. The Bertz CT molecular complexity index is 849. The molecular weight excluding hydrogens is 312 g/mol. The number of ether oxygens (including phenoxy) is 1. The van der Waals surface area contributed by atoms with Gasteiger partial charge in [-0.15, -0.1) is 6.58 Å². The molecule has 1 heterocycles. The van der Waals surface area contributed by atoms with E-state index in [9.17, 15) is 0 Å². The summed E-state index contributed by atoms with van der Waals surface area (Å²) in [7, 11) is 0. The lowest BCUT2D eigenvalue weighted by Crippen LogP contribution is -2.05. The highest BCUT2D eigenvalue weighted by atomic mass is 16.5. The molecule has 0 aliphatic carbocycles. The van der Waals surface area contributed by atoms with Crippen LogP contribution in [0, 0.1) is 6.92 Å². The van der Waals surface area contributed by atoms with Crippen LogP contribution in [0.5, 0.6) is 11.5 Å². The van der Waals surface area contributed by atoms with Crippen LogP contribution in [0.15, 0.2) is 73.3 Å². The zero-order valence-corrected chi connectivity index (χ0v) is 14.1. The van der Waals surface area contributed by atoms with Crippen LogP contribution in [-0.2, 0) is 0 Å². The SMILES string of the molecule is C=CCNc1cc(Nc2ccccc2Oc2ccccc2)nc(C)n1. The Hall–Kier alpha value is -3.34. The Kier molecular flexibility index (Phi) is 5.26. The number of aromatic nitrogens is 2. The average Bonchev–Trinajstić information content (AvgIpc) is 2.62. The second-order valence-electron chi connectivity index (χ2n) is 5.39. The van der Waals surface area contributed by atoms with Crippen LogP contribution in [0.4, 0.5) is 17.3 Å². The fraction of sp³-hybridized carbons (Fsp3) is 0.100. The molecule has 3 aromatic rings. The smallest absolute Gasteiger partial charge is 0.150 e. The van der Waals surface area contributed by atoms with Gasteiger partial charge in [0.1, 0.15) is 23.2 Å². The zero-order chi connectivity index (χ0) is 17.5. The van der Waals surface area contributed by atoms with Gasteiger partial charge in [0.05, 0.1) is 5.69 Å². The first-order valence-corrected chi connectivity index (χ1v) is 8.04. The average molecular weight is 332 g/mol. The van der Waals surface area contributed by atoms with E-state index >= 15 is 0 Å². The predicted molar refractivity (Wildman–Crippen MR) is 102 cm³/mol. The molecule has 0 bridgehead atoms. The van der Waals surface area contributed by atoms with Gasteiger partial charge in [-0.2, -0.15) is 0 Å². The summed E-state index contributed by atoms with van der Waals surface area (Å²) in [5.41, 5.74) is 0.833. The third-order valence-corrected chi connectivity index (χ3v) is 3.39. The first-order valence-electron chi connectivity index (χ1n) is 8.04. The number of aryl methyl sites for hydroxylation is 1. The van der Waals surface area contributed by atoms with Crippen molar-refractivity contribution >= 4 is 17.3 Å². The summed E-state index contributed by atoms with van der Waals surface area (Å²) < 4.78 is 5.97. The molecule has 0 atom stereocenters. The van der Waals surface area contributed by atoms with Crippen LogP contribution in [0.3, 0.4) is 0 Å². The van der Waals surface area contributed by atoms with Crippen molar-refractivity contribution in [1.29, 1.82) is 0 Å². The molecule has 5 nitrogen and oxygen atoms in total. The maximum atomic E-state index is 5.97. The summed E-state index contributed by atoms with van der Waals surface area (Å²) >= 11 is 0. The van der Waals surface area contributed by atoms with Crippen molar-refractivity contribution in [3.8, 4) is 11.5 Å². The van der Waals surface area contributed by atoms with E-state index in [2.05, 4.69) is 27.2 Å². The molecule has 5 heteroatoms. The van der Waals surface area contributed by atoms with E-state index in [-0.39, 0.29) is 0 Å². The molecule has 3 rings (SSSR count). The monoisotopic (exact) mass is 332 g/mol. The second kappa shape index (κ2) is 7.97. The summed E-state index contributed by atoms with van der Waals surface area (Å²) in [5.74, 6) is 3.63. The summed E-state index contributed by atoms with van der Waals surface area (Å²) in [6.07, 6.45) is 1.79. The van der Waals surface area contributed by atoms with Crippen LogP contribution in [0.2, 0.25) is 0 Å². The van der Waals surface area contributed by atoms with Gasteiger partial charge >= 0.3 is 0 Å². The van der Waals surface area contributed by atoms with Gasteiger partial charge in [0, 0.05) is 12.6 Å². The van der Waals surface area contributed by atoms with Crippen molar-refractivity contribution < 1.29 is 4.74 Å². The fourth-order valence-corrected chi connectivity index (χ4v) is 2.31. The minimum absolute atomic E-state index is 0.642. The number of benzene rings is 2. The molecule has 0 saturated carbocycles. The number of hydrogen-bond acceptors (Lipinski definition) is 5. The molecule has 0 saturated heterocycles.